The SMILES string of the molecule is CCn1c(Cn2ccnc2-c2cccc(C(F)(F)F)n2)nc2cccnc21. The van der Waals surface area contributed by atoms with Crippen LogP contribution in [-0.2, 0) is 19.3 Å². The summed E-state index contributed by atoms with van der Waals surface area (Å²) < 4.78 is 42.6. The van der Waals surface area contributed by atoms with Gasteiger partial charge in [-0.25, -0.2) is 19.9 Å². The van der Waals surface area contributed by atoms with Gasteiger partial charge in [-0.2, -0.15) is 13.2 Å². The molecule has 4 heterocycles. The predicted octanol–water partition coefficient (Wildman–Crippen LogP) is 3.78. The zero-order chi connectivity index (χ0) is 19.0. The maximum atomic E-state index is 13.0. The average Bonchev–Trinajstić information content (AvgIpc) is 3.25. The average molecular weight is 372 g/mol. The predicted molar refractivity (Wildman–Crippen MR) is 92.8 cm³/mol. The van der Waals surface area contributed by atoms with Gasteiger partial charge in [-0.15, -0.1) is 0 Å². The number of aryl methyl sites for hydroxylation is 1. The van der Waals surface area contributed by atoms with Crippen molar-refractivity contribution in [3.8, 4) is 11.5 Å². The molecule has 0 aliphatic heterocycles. The second-order valence-electron chi connectivity index (χ2n) is 5.90. The minimum Gasteiger partial charge on any atom is -0.322 e. The van der Waals surface area contributed by atoms with E-state index in [1.807, 2.05) is 23.6 Å². The van der Waals surface area contributed by atoms with Gasteiger partial charge in [-0.1, -0.05) is 6.07 Å². The van der Waals surface area contributed by atoms with Gasteiger partial charge in [0.1, 0.15) is 22.7 Å². The number of nitrogens with zero attached hydrogens (tertiary/aromatic N) is 6. The Morgan fingerprint density at radius 1 is 1.00 bits per heavy atom. The van der Waals surface area contributed by atoms with E-state index in [1.165, 1.54) is 18.3 Å². The van der Waals surface area contributed by atoms with Crippen LogP contribution in [-0.4, -0.2) is 29.1 Å². The Bertz CT molecular complexity index is 1100. The first-order valence-electron chi connectivity index (χ1n) is 8.33. The third kappa shape index (κ3) is 3.16. The van der Waals surface area contributed by atoms with Crippen LogP contribution in [0.25, 0.3) is 22.7 Å². The molecule has 4 aromatic rings. The van der Waals surface area contributed by atoms with Crippen LogP contribution < -0.4 is 0 Å². The van der Waals surface area contributed by atoms with Gasteiger partial charge < -0.3 is 9.13 Å². The van der Waals surface area contributed by atoms with Crippen molar-refractivity contribution in [3.05, 3.63) is 60.4 Å². The first-order chi connectivity index (χ1) is 13.0. The van der Waals surface area contributed by atoms with Crippen LogP contribution >= 0.6 is 0 Å². The van der Waals surface area contributed by atoms with E-state index in [9.17, 15) is 13.2 Å². The molecule has 0 spiro atoms. The van der Waals surface area contributed by atoms with Crippen molar-refractivity contribution in [2.75, 3.05) is 0 Å². The Balaban J connectivity index is 1.74. The minimum absolute atomic E-state index is 0.159. The van der Waals surface area contributed by atoms with Gasteiger partial charge >= 0.3 is 6.18 Å². The monoisotopic (exact) mass is 372 g/mol. The number of pyridine rings is 2. The number of imidazole rings is 2. The van der Waals surface area contributed by atoms with E-state index in [1.54, 1.807) is 17.0 Å². The Morgan fingerprint density at radius 3 is 2.63 bits per heavy atom. The first-order valence-corrected chi connectivity index (χ1v) is 8.33. The Labute approximate surface area is 152 Å². The molecule has 4 rings (SSSR count). The van der Waals surface area contributed by atoms with Crippen molar-refractivity contribution in [3.63, 3.8) is 0 Å². The molecule has 9 heteroatoms. The summed E-state index contributed by atoms with van der Waals surface area (Å²) in [7, 11) is 0. The highest BCUT2D eigenvalue weighted by Gasteiger charge is 2.32. The third-order valence-electron chi connectivity index (χ3n) is 4.19. The van der Waals surface area contributed by atoms with Crippen LogP contribution in [0.1, 0.15) is 18.4 Å². The van der Waals surface area contributed by atoms with Gasteiger partial charge in [-0.3, -0.25) is 0 Å². The van der Waals surface area contributed by atoms with Crippen molar-refractivity contribution < 1.29 is 13.2 Å². The molecule has 0 bridgehead atoms. The third-order valence-corrected chi connectivity index (χ3v) is 4.19. The van der Waals surface area contributed by atoms with Gasteiger partial charge in [0.05, 0.1) is 6.54 Å². The first kappa shape index (κ1) is 17.2. The summed E-state index contributed by atoms with van der Waals surface area (Å²) in [6, 6.07) is 7.47. The number of hydrogen-bond donors (Lipinski definition) is 0. The molecule has 138 valence electrons. The summed E-state index contributed by atoms with van der Waals surface area (Å²) in [4.78, 5) is 16.9. The lowest BCUT2D eigenvalue weighted by Gasteiger charge is -2.11. The maximum Gasteiger partial charge on any atom is 0.433 e. The van der Waals surface area contributed by atoms with Crippen molar-refractivity contribution in [1.29, 1.82) is 0 Å². The van der Waals surface area contributed by atoms with Crippen LogP contribution in [0, 0.1) is 0 Å². The second-order valence-corrected chi connectivity index (χ2v) is 5.90. The van der Waals surface area contributed by atoms with Gasteiger partial charge in [0.15, 0.2) is 11.5 Å². The molecule has 0 N–H and O–H groups in total. The van der Waals surface area contributed by atoms with E-state index in [0.717, 1.165) is 23.1 Å². The highest BCUT2D eigenvalue weighted by molar-refractivity contribution is 5.71. The van der Waals surface area contributed by atoms with Crippen molar-refractivity contribution in [2.45, 2.75) is 26.2 Å². The summed E-state index contributed by atoms with van der Waals surface area (Å²) in [5.41, 5.74) is 0.758. The molecule has 27 heavy (non-hydrogen) atoms. The van der Waals surface area contributed by atoms with Crippen molar-refractivity contribution in [1.82, 2.24) is 29.1 Å². The van der Waals surface area contributed by atoms with E-state index in [-0.39, 0.29) is 5.69 Å². The maximum absolute atomic E-state index is 13.0. The molecule has 0 atom stereocenters. The second kappa shape index (κ2) is 6.49. The van der Waals surface area contributed by atoms with Gasteiger partial charge in [0, 0.05) is 25.1 Å². The Hall–Kier alpha value is -3.23. The quantitative estimate of drug-likeness (QED) is 0.547. The number of alkyl halides is 3. The number of aromatic nitrogens is 6. The van der Waals surface area contributed by atoms with Crippen molar-refractivity contribution >= 4 is 11.2 Å². The Morgan fingerprint density at radius 2 is 1.85 bits per heavy atom. The highest BCUT2D eigenvalue weighted by Crippen LogP contribution is 2.29. The molecule has 0 saturated heterocycles. The van der Waals surface area contributed by atoms with Crippen LogP contribution in [0.15, 0.2) is 48.9 Å². The fourth-order valence-electron chi connectivity index (χ4n) is 3.00. The van der Waals surface area contributed by atoms with Gasteiger partial charge in [0.2, 0.25) is 0 Å². The van der Waals surface area contributed by atoms with Crippen LogP contribution in [0.5, 0.6) is 0 Å². The van der Waals surface area contributed by atoms with Gasteiger partial charge in [-0.05, 0) is 31.2 Å². The highest BCUT2D eigenvalue weighted by atomic mass is 19.4. The molecule has 0 radical (unpaired) electrons. The fraction of sp³-hybridized carbons (Fsp3) is 0.222. The molecule has 0 aliphatic rings. The number of halogens is 3. The molecule has 0 fully saturated rings. The molecule has 4 aromatic heterocycles. The summed E-state index contributed by atoms with van der Waals surface area (Å²) >= 11 is 0. The van der Waals surface area contributed by atoms with Crippen molar-refractivity contribution in [2.24, 2.45) is 0 Å². The van der Waals surface area contributed by atoms with E-state index in [0.29, 0.717) is 18.9 Å². The summed E-state index contributed by atoms with van der Waals surface area (Å²) in [5.74, 6) is 1.10. The van der Waals surface area contributed by atoms with E-state index in [2.05, 4.69) is 19.9 Å². The zero-order valence-electron chi connectivity index (χ0n) is 14.4. The lowest BCUT2D eigenvalue weighted by atomic mass is 10.3. The molecule has 0 aliphatic carbocycles. The number of hydrogen-bond acceptors (Lipinski definition) is 4. The lowest BCUT2D eigenvalue weighted by molar-refractivity contribution is -0.141. The van der Waals surface area contributed by atoms with E-state index >= 15 is 0 Å². The van der Waals surface area contributed by atoms with E-state index in [4.69, 9.17) is 0 Å². The number of fused-ring (bicyclic) bond motifs is 1. The molecule has 0 unspecified atom stereocenters. The smallest absolute Gasteiger partial charge is 0.322 e. The van der Waals surface area contributed by atoms with Crippen LogP contribution in [0.3, 0.4) is 0 Å². The Kier molecular flexibility index (Phi) is 4.14. The number of rotatable bonds is 4. The zero-order valence-corrected chi connectivity index (χ0v) is 14.4. The minimum atomic E-state index is -4.50. The van der Waals surface area contributed by atoms with Gasteiger partial charge in [0.25, 0.3) is 0 Å². The molecule has 0 saturated carbocycles. The van der Waals surface area contributed by atoms with Crippen LogP contribution in [0.2, 0.25) is 0 Å². The molecule has 0 aromatic carbocycles. The standard InChI is InChI=1S/C18H15F3N6/c1-2-27-15(25-13-6-4-8-22-17(13)27)11-26-10-9-23-16(26)12-5-3-7-14(24-12)18(19,20)21/h3-10H,2,11H2,1H3. The van der Waals surface area contributed by atoms with E-state index < -0.39 is 11.9 Å². The molecular formula is C18H15F3N6. The lowest BCUT2D eigenvalue weighted by Crippen LogP contribution is -2.11. The normalized spacial score (nSPS) is 12.0. The molecule has 0 amide bonds. The van der Waals surface area contributed by atoms with Crippen LogP contribution in [0.4, 0.5) is 13.2 Å². The molecule has 6 nitrogen and oxygen atoms in total. The topological polar surface area (TPSA) is 61.4 Å². The summed E-state index contributed by atoms with van der Waals surface area (Å²) in [5, 5.41) is 0. The fourth-order valence-corrected chi connectivity index (χ4v) is 3.00. The largest absolute Gasteiger partial charge is 0.433 e. The molecular weight excluding hydrogens is 357 g/mol. The summed E-state index contributed by atoms with van der Waals surface area (Å²) in [6.45, 7) is 3.01. The summed E-state index contributed by atoms with van der Waals surface area (Å²) in [6.07, 6.45) is 0.433.